The lowest BCUT2D eigenvalue weighted by atomic mass is 10.00. The number of nitrogens with zero attached hydrogens (tertiary/aromatic N) is 1. The van der Waals surface area contributed by atoms with E-state index < -0.39 is 0 Å². The van der Waals surface area contributed by atoms with E-state index in [4.69, 9.17) is 0 Å². The van der Waals surface area contributed by atoms with Crippen molar-refractivity contribution in [3.63, 3.8) is 0 Å². The van der Waals surface area contributed by atoms with Gasteiger partial charge in [-0.05, 0) is 37.4 Å². The lowest BCUT2D eigenvalue weighted by molar-refractivity contribution is 0.352. The van der Waals surface area contributed by atoms with E-state index in [9.17, 15) is 0 Å². The molecule has 1 heterocycles. The first-order chi connectivity index (χ1) is 6.29. The minimum absolute atomic E-state index is 0.557. The van der Waals surface area contributed by atoms with E-state index in [1.54, 1.807) is 0 Å². The van der Waals surface area contributed by atoms with E-state index in [2.05, 4.69) is 43.1 Å². The van der Waals surface area contributed by atoms with E-state index in [0.29, 0.717) is 6.04 Å². The SMILES string of the molecule is [CH2-]N1CCCC1c1ccccc1C. The van der Waals surface area contributed by atoms with Crippen molar-refractivity contribution in [2.75, 3.05) is 6.54 Å². The standard InChI is InChI=1S/C12H16N/c1-10-6-3-4-7-11(10)12-8-5-9-13(12)2/h3-4,6-7,12H,2,5,8-9H2,1H3/q-1. The predicted octanol–water partition coefficient (Wildman–Crippen LogP) is 2.92. The number of hydrogen-bond donors (Lipinski definition) is 0. The van der Waals surface area contributed by atoms with Gasteiger partial charge < -0.3 is 4.90 Å². The molecular formula is C12H16N-. The van der Waals surface area contributed by atoms with Gasteiger partial charge in [0.1, 0.15) is 0 Å². The van der Waals surface area contributed by atoms with Crippen molar-refractivity contribution in [3.05, 3.63) is 42.4 Å². The lowest BCUT2D eigenvalue weighted by Gasteiger charge is -2.28. The monoisotopic (exact) mass is 174 g/mol. The van der Waals surface area contributed by atoms with Gasteiger partial charge in [0.2, 0.25) is 0 Å². The summed E-state index contributed by atoms with van der Waals surface area (Å²) in [6.07, 6.45) is 2.54. The molecule has 0 bridgehead atoms. The Balaban J connectivity index is 2.29. The van der Waals surface area contributed by atoms with Crippen LogP contribution in [0.2, 0.25) is 0 Å². The normalized spacial score (nSPS) is 23.7. The summed E-state index contributed by atoms with van der Waals surface area (Å²) in [7, 11) is 4.07. The first kappa shape index (κ1) is 8.76. The first-order valence-electron chi connectivity index (χ1n) is 4.91. The maximum Gasteiger partial charge on any atom is 0.00759 e. The van der Waals surface area contributed by atoms with Crippen LogP contribution < -0.4 is 0 Å². The molecule has 1 nitrogen and oxygen atoms in total. The fourth-order valence-electron chi connectivity index (χ4n) is 2.14. The van der Waals surface area contributed by atoms with Crippen molar-refractivity contribution in [3.8, 4) is 0 Å². The summed E-state index contributed by atoms with van der Waals surface area (Å²) in [6, 6.07) is 9.18. The molecule has 1 unspecified atom stereocenters. The highest BCUT2D eigenvalue weighted by atomic mass is 15.1. The Morgan fingerprint density at radius 2 is 2.15 bits per heavy atom. The third-order valence-electron chi connectivity index (χ3n) is 2.91. The van der Waals surface area contributed by atoms with Gasteiger partial charge in [0, 0.05) is 6.04 Å². The summed E-state index contributed by atoms with van der Waals surface area (Å²) in [5.41, 5.74) is 2.85. The minimum atomic E-state index is 0.557. The van der Waals surface area contributed by atoms with Gasteiger partial charge in [-0.15, -0.1) is 0 Å². The zero-order valence-electron chi connectivity index (χ0n) is 8.16. The van der Waals surface area contributed by atoms with Crippen LogP contribution >= 0.6 is 0 Å². The summed E-state index contributed by atoms with van der Waals surface area (Å²) >= 11 is 0. The topological polar surface area (TPSA) is 3.24 Å². The van der Waals surface area contributed by atoms with E-state index in [0.717, 1.165) is 6.54 Å². The molecule has 1 atom stereocenters. The second-order valence-corrected chi connectivity index (χ2v) is 3.83. The van der Waals surface area contributed by atoms with Gasteiger partial charge in [-0.25, -0.2) is 0 Å². The number of hydrogen-bond acceptors (Lipinski definition) is 1. The summed E-state index contributed by atoms with van der Waals surface area (Å²) in [6.45, 7) is 3.32. The van der Waals surface area contributed by atoms with Crippen LogP contribution in [0.4, 0.5) is 0 Å². The quantitative estimate of drug-likeness (QED) is 0.592. The highest BCUT2D eigenvalue weighted by Gasteiger charge is 2.18. The first-order valence-corrected chi connectivity index (χ1v) is 4.91. The Morgan fingerprint density at radius 1 is 1.38 bits per heavy atom. The molecule has 0 N–H and O–H groups in total. The van der Waals surface area contributed by atoms with Gasteiger partial charge in [-0.2, -0.15) is 0 Å². The third kappa shape index (κ3) is 1.61. The Kier molecular flexibility index (Phi) is 2.36. The maximum atomic E-state index is 4.07. The average Bonchev–Trinajstić information content (AvgIpc) is 2.52. The minimum Gasteiger partial charge on any atom is -0.453 e. The van der Waals surface area contributed by atoms with Gasteiger partial charge in [0.05, 0.1) is 0 Å². The molecule has 70 valence electrons. The van der Waals surface area contributed by atoms with Crippen molar-refractivity contribution >= 4 is 0 Å². The highest BCUT2D eigenvalue weighted by Crippen LogP contribution is 2.32. The van der Waals surface area contributed by atoms with E-state index in [-0.39, 0.29) is 0 Å². The Labute approximate surface area is 80.4 Å². The molecule has 0 aromatic heterocycles. The predicted molar refractivity (Wildman–Crippen MR) is 55.2 cm³/mol. The molecular weight excluding hydrogens is 158 g/mol. The van der Waals surface area contributed by atoms with E-state index in [1.807, 2.05) is 0 Å². The van der Waals surface area contributed by atoms with Crippen LogP contribution in [0.25, 0.3) is 0 Å². The number of benzene rings is 1. The molecule has 1 aromatic rings. The largest absolute Gasteiger partial charge is 0.453 e. The average molecular weight is 174 g/mol. The number of aryl methyl sites for hydroxylation is 1. The van der Waals surface area contributed by atoms with Crippen molar-refractivity contribution in [1.82, 2.24) is 4.90 Å². The summed E-state index contributed by atoms with van der Waals surface area (Å²) in [5.74, 6) is 0. The van der Waals surface area contributed by atoms with Crippen molar-refractivity contribution in [1.29, 1.82) is 0 Å². The second kappa shape index (κ2) is 3.51. The second-order valence-electron chi connectivity index (χ2n) is 3.83. The van der Waals surface area contributed by atoms with Crippen LogP contribution in [0.5, 0.6) is 0 Å². The lowest BCUT2D eigenvalue weighted by Crippen LogP contribution is -2.15. The van der Waals surface area contributed by atoms with Gasteiger partial charge in [-0.3, -0.25) is 7.05 Å². The molecule has 1 saturated heterocycles. The van der Waals surface area contributed by atoms with E-state index >= 15 is 0 Å². The van der Waals surface area contributed by atoms with Crippen LogP contribution in [0.3, 0.4) is 0 Å². The summed E-state index contributed by atoms with van der Waals surface area (Å²) < 4.78 is 0. The maximum absolute atomic E-state index is 4.07. The summed E-state index contributed by atoms with van der Waals surface area (Å²) in [5, 5.41) is 0. The molecule has 1 aromatic carbocycles. The zero-order chi connectivity index (χ0) is 9.26. The molecule has 1 aliphatic heterocycles. The van der Waals surface area contributed by atoms with Crippen LogP contribution in [-0.4, -0.2) is 11.4 Å². The molecule has 0 spiro atoms. The van der Waals surface area contributed by atoms with Crippen molar-refractivity contribution < 1.29 is 0 Å². The van der Waals surface area contributed by atoms with Crippen LogP contribution in [0.15, 0.2) is 24.3 Å². The fraction of sp³-hybridized carbons (Fsp3) is 0.417. The van der Waals surface area contributed by atoms with Gasteiger partial charge in [0.25, 0.3) is 0 Å². The molecule has 0 aliphatic carbocycles. The molecule has 0 saturated carbocycles. The molecule has 0 radical (unpaired) electrons. The summed E-state index contributed by atoms with van der Waals surface area (Å²) in [4.78, 5) is 2.21. The van der Waals surface area contributed by atoms with E-state index in [1.165, 1.54) is 24.0 Å². The van der Waals surface area contributed by atoms with Gasteiger partial charge in [0.15, 0.2) is 0 Å². The van der Waals surface area contributed by atoms with Crippen LogP contribution in [-0.2, 0) is 0 Å². The van der Waals surface area contributed by atoms with Crippen LogP contribution in [0.1, 0.15) is 30.0 Å². The molecule has 2 rings (SSSR count). The van der Waals surface area contributed by atoms with Gasteiger partial charge in [-0.1, -0.05) is 24.3 Å². The Morgan fingerprint density at radius 3 is 2.77 bits per heavy atom. The number of rotatable bonds is 1. The highest BCUT2D eigenvalue weighted by molar-refractivity contribution is 5.29. The fourth-order valence-corrected chi connectivity index (χ4v) is 2.14. The zero-order valence-corrected chi connectivity index (χ0v) is 8.16. The van der Waals surface area contributed by atoms with Gasteiger partial charge >= 0.3 is 0 Å². The molecule has 1 aliphatic rings. The van der Waals surface area contributed by atoms with Crippen LogP contribution in [0, 0.1) is 14.0 Å². The Hall–Kier alpha value is -0.820. The molecule has 0 amide bonds. The van der Waals surface area contributed by atoms with Crippen molar-refractivity contribution in [2.24, 2.45) is 0 Å². The third-order valence-corrected chi connectivity index (χ3v) is 2.91. The number of likely N-dealkylation sites (tertiary alicyclic amines) is 1. The molecule has 1 heteroatoms. The smallest absolute Gasteiger partial charge is 0.00759 e. The Bertz CT molecular complexity index is 293. The van der Waals surface area contributed by atoms with Crippen molar-refractivity contribution in [2.45, 2.75) is 25.8 Å². The molecule has 13 heavy (non-hydrogen) atoms. The molecule has 1 fully saturated rings.